The fraction of sp³-hybridized carbons (Fsp3) is 0.529. The van der Waals surface area contributed by atoms with Crippen LogP contribution in [-0.2, 0) is 9.59 Å². The predicted molar refractivity (Wildman–Crippen MR) is 87.5 cm³/mol. The van der Waals surface area contributed by atoms with Crippen molar-refractivity contribution in [3.8, 4) is 0 Å². The maximum absolute atomic E-state index is 12.3. The molecule has 1 atom stereocenters. The smallest absolute Gasteiger partial charge is 0.227 e. The second-order valence-electron chi connectivity index (χ2n) is 5.91. The number of benzene rings is 1. The first-order valence-corrected chi connectivity index (χ1v) is 7.91. The van der Waals surface area contributed by atoms with E-state index in [1.54, 1.807) is 0 Å². The van der Waals surface area contributed by atoms with E-state index in [-0.39, 0.29) is 23.7 Å². The van der Waals surface area contributed by atoms with E-state index in [0.717, 1.165) is 18.5 Å². The highest BCUT2D eigenvalue weighted by Gasteiger charge is 2.29. The molecule has 120 valence electrons. The molecule has 0 spiro atoms. The molecule has 2 rings (SSSR count). The highest BCUT2D eigenvalue weighted by molar-refractivity contribution is 5.92. The molecule has 2 amide bonds. The lowest BCUT2D eigenvalue weighted by atomic mass is 9.95. The molecule has 5 nitrogen and oxygen atoms in total. The summed E-state index contributed by atoms with van der Waals surface area (Å²) < 4.78 is 0. The number of hydrogen-bond acceptors (Lipinski definition) is 3. The van der Waals surface area contributed by atoms with Gasteiger partial charge in [0.15, 0.2) is 0 Å². The van der Waals surface area contributed by atoms with Crippen LogP contribution in [0, 0.1) is 11.8 Å². The van der Waals surface area contributed by atoms with E-state index in [4.69, 9.17) is 0 Å². The second-order valence-corrected chi connectivity index (χ2v) is 5.91. The van der Waals surface area contributed by atoms with Gasteiger partial charge in [-0.25, -0.2) is 0 Å². The third-order valence-corrected chi connectivity index (χ3v) is 4.15. The van der Waals surface area contributed by atoms with Crippen LogP contribution in [0.3, 0.4) is 0 Å². The molecular formula is C17H25N3O2. The van der Waals surface area contributed by atoms with Crippen LogP contribution in [0.1, 0.15) is 19.8 Å². The fourth-order valence-electron chi connectivity index (χ4n) is 2.83. The topological polar surface area (TPSA) is 61.4 Å². The van der Waals surface area contributed by atoms with Crippen molar-refractivity contribution in [1.82, 2.24) is 10.2 Å². The van der Waals surface area contributed by atoms with Crippen molar-refractivity contribution in [1.29, 1.82) is 0 Å². The normalized spacial score (nSPS) is 17.1. The van der Waals surface area contributed by atoms with Crippen LogP contribution in [0.5, 0.6) is 0 Å². The maximum atomic E-state index is 12.3. The predicted octanol–water partition coefficient (Wildman–Crippen LogP) is 1.72. The first-order chi connectivity index (χ1) is 10.6. The van der Waals surface area contributed by atoms with E-state index < -0.39 is 0 Å². The van der Waals surface area contributed by atoms with Crippen molar-refractivity contribution in [2.24, 2.45) is 11.8 Å². The summed E-state index contributed by atoms with van der Waals surface area (Å²) in [5.41, 5.74) is 0.827. The number of rotatable bonds is 5. The lowest BCUT2D eigenvalue weighted by Gasteiger charge is -2.33. The number of carbonyl (C=O) groups is 2. The van der Waals surface area contributed by atoms with Crippen LogP contribution in [0.2, 0.25) is 0 Å². The highest BCUT2D eigenvalue weighted by Crippen LogP contribution is 2.20. The number of para-hydroxylation sites is 1. The number of carbonyl (C=O) groups excluding carboxylic acids is 2. The van der Waals surface area contributed by atoms with Crippen molar-refractivity contribution in [3.63, 3.8) is 0 Å². The Morgan fingerprint density at radius 3 is 2.45 bits per heavy atom. The quantitative estimate of drug-likeness (QED) is 0.870. The maximum Gasteiger partial charge on any atom is 0.227 e. The molecule has 0 aliphatic carbocycles. The molecule has 1 unspecified atom stereocenters. The van der Waals surface area contributed by atoms with Crippen molar-refractivity contribution in [2.75, 3.05) is 32.0 Å². The summed E-state index contributed by atoms with van der Waals surface area (Å²) >= 11 is 0. The standard InChI is InChI=1S/C17H25N3O2/c1-13(12-18-2)17(22)20-10-8-14(9-11-20)16(21)19-15-6-4-3-5-7-15/h3-7,13-14,18H,8-12H2,1-2H3,(H,19,21). The summed E-state index contributed by atoms with van der Waals surface area (Å²) in [7, 11) is 1.85. The molecule has 1 heterocycles. The molecule has 1 aliphatic rings. The summed E-state index contributed by atoms with van der Waals surface area (Å²) in [4.78, 5) is 26.4. The number of anilines is 1. The molecule has 2 N–H and O–H groups in total. The zero-order valence-electron chi connectivity index (χ0n) is 13.3. The van der Waals surface area contributed by atoms with Crippen molar-refractivity contribution in [2.45, 2.75) is 19.8 Å². The largest absolute Gasteiger partial charge is 0.342 e. The van der Waals surface area contributed by atoms with Gasteiger partial charge >= 0.3 is 0 Å². The van der Waals surface area contributed by atoms with Crippen LogP contribution >= 0.6 is 0 Å². The molecule has 1 saturated heterocycles. The van der Waals surface area contributed by atoms with Gasteiger partial charge in [0.05, 0.1) is 0 Å². The molecular weight excluding hydrogens is 278 g/mol. The van der Waals surface area contributed by atoms with Crippen molar-refractivity contribution >= 4 is 17.5 Å². The number of nitrogens with one attached hydrogen (secondary N) is 2. The van der Waals surface area contributed by atoms with Gasteiger partial charge in [-0.15, -0.1) is 0 Å². The minimum absolute atomic E-state index is 0.0103. The molecule has 0 radical (unpaired) electrons. The van der Waals surface area contributed by atoms with E-state index in [0.29, 0.717) is 19.6 Å². The third kappa shape index (κ3) is 4.31. The third-order valence-electron chi connectivity index (χ3n) is 4.15. The van der Waals surface area contributed by atoms with E-state index in [1.165, 1.54) is 0 Å². The number of hydrogen-bond donors (Lipinski definition) is 2. The van der Waals surface area contributed by atoms with Gasteiger partial charge in [-0.05, 0) is 32.0 Å². The Kier molecular flexibility index (Phi) is 5.95. The second kappa shape index (κ2) is 7.94. The van der Waals surface area contributed by atoms with Gasteiger partial charge in [0.2, 0.25) is 11.8 Å². The zero-order chi connectivity index (χ0) is 15.9. The number of likely N-dealkylation sites (tertiary alicyclic amines) is 1. The fourth-order valence-corrected chi connectivity index (χ4v) is 2.83. The summed E-state index contributed by atoms with van der Waals surface area (Å²) in [6.07, 6.45) is 1.47. The van der Waals surface area contributed by atoms with E-state index in [2.05, 4.69) is 10.6 Å². The van der Waals surface area contributed by atoms with Crippen LogP contribution in [-0.4, -0.2) is 43.4 Å². The lowest BCUT2D eigenvalue weighted by molar-refractivity contribution is -0.137. The van der Waals surface area contributed by atoms with Gasteiger partial charge in [-0.2, -0.15) is 0 Å². The van der Waals surface area contributed by atoms with Crippen LogP contribution in [0.25, 0.3) is 0 Å². The van der Waals surface area contributed by atoms with Gasteiger partial charge in [-0.3, -0.25) is 9.59 Å². The Bertz CT molecular complexity index is 496. The molecule has 1 aromatic carbocycles. The van der Waals surface area contributed by atoms with Crippen molar-refractivity contribution < 1.29 is 9.59 Å². The first-order valence-electron chi connectivity index (χ1n) is 7.91. The van der Waals surface area contributed by atoms with Crippen molar-refractivity contribution in [3.05, 3.63) is 30.3 Å². The number of amides is 2. The minimum Gasteiger partial charge on any atom is -0.342 e. The number of nitrogens with zero attached hydrogens (tertiary/aromatic N) is 1. The minimum atomic E-state index is -0.0142. The van der Waals surface area contributed by atoms with E-state index >= 15 is 0 Å². The lowest BCUT2D eigenvalue weighted by Crippen LogP contribution is -2.45. The Morgan fingerprint density at radius 1 is 1.23 bits per heavy atom. The Hall–Kier alpha value is -1.88. The Morgan fingerprint density at radius 2 is 1.86 bits per heavy atom. The summed E-state index contributed by atoms with van der Waals surface area (Å²) in [6.45, 7) is 3.96. The summed E-state index contributed by atoms with van der Waals surface area (Å²) in [5.74, 6) is 0.210. The molecule has 1 aromatic rings. The molecule has 22 heavy (non-hydrogen) atoms. The van der Waals surface area contributed by atoms with Crippen LogP contribution in [0.15, 0.2) is 30.3 Å². The van der Waals surface area contributed by atoms with E-state index in [9.17, 15) is 9.59 Å². The van der Waals surface area contributed by atoms with Gasteiger partial charge in [0.1, 0.15) is 0 Å². The monoisotopic (exact) mass is 303 g/mol. The molecule has 5 heteroatoms. The highest BCUT2D eigenvalue weighted by atomic mass is 16.2. The molecule has 0 aromatic heterocycles. The summed E-state index contributed by atoms with van der Waals surface area (Å²) in [6, 6.07) is 9.50. The summed E-state index contributed by atoms with van der Waals surface area (Å²) in [5, 5.41) is 5.98. The van der Waals surface area contributed by atoms with Gasteiger partial charge in [-0.1, -0.05) is 25.1 Å². The zero-order valence-corrected chi connectivity index (χ0v) is 13.3. The molecule has 1 fully saturated rings. The Labute approximate surface area is 132 Å². The average Bonchev–Trinajstić information content (AvgIpc) is 2.55. The number of piperidine rings is 1. The first kappa shape index (κ1) is 16.5. The van der Waals surface area contributed by atoms with Gasteiger partial charge in [0, 0.05) is 37.2 Å². The SMILES string of the molecule is CNCC(C)C(=O)N1CCC(C(=O)Nc2ccccc2)CC1. The van der Waals surface area contributed by atoms with Crippen LogP contribution in [0.4, 0.5) is 5.69 Å². The van der Waals surface area contributed by atoms with Gasteiger partial charge in [0.25, 0.3) is 0 Å². The van der Waals surface area contributed by atoms with E-state index in [1.807, 2.05) is 49.2 Å². The van der Waals surface area contributed by atoms with Gasteiger partial charge < -0.3 is 15.5 Å². The molecule has 0 bridgehead atoms. The average molecular weight is 303 g/mol. The molecule has 0 saturated carbocycles. The van der Waals surface area contributed by atoms with Crippen LogP contribution < -0.4 is 10.6 Å². The Balaban J connectivity index is 1.81. The molecule has 1 aliphatic heterocycles.